The first-order chi connectivity index (χ1) is 12.5. The predicted molar refractivity (Wildman–Crippen MR) is 108 cm³/mol. The molecule has 0 heterocycles. The Bertz CT molecular complexity index is 1040. The van der Waals surface area contributed by atoms with Crippen molar-refractivity contribution >= 4 is 61.3 Å². The highest BCUT2D eigenvalue weighted by Crippen LogP contribution is 2.26. The third kappa shape index (κ3) is 3.71. The van der Waals surface area contributed by atoms with Crippen molar-refractivity contribution < 1.29 is 9.72 Å². The van der Waals surface area contributed by atoms with E-state index < -0.39 is 10.8 Å². The van der Waals surface area contributed by atoms with Gasteiger partial charge in [0.25, 0.3) is 11.6 Å². The number of hydrogen-bond acceptors (Lipinski definition) is 4. The largest absolute Gasteiger partial charge is 0.327 e. The van der Waals surface area contributed by atoms with Crippen LogP contribution in [0.4, 0.5) is 11.4 Å². The van der Waals surface area contributed by atoms with Gasteiger partial charge in [-0.1, -0.05) is 52.3 Å². The highest BCUT2D eigenvalue weighted by Gasteiger charge is 2.16. The van der Waals surface area contributed by atoms with Crippen LogP contribution in [0.2, 0.25) is 0 Å². The van der Waals surface area contributed by atoms with E-state index in [1.54, 1.807) is 24.3 Å². The van der Waals surface area contributed by atoms with Gasteiger partial charge in [0.05, 0.1) is 4.92 Å². The van der Waals surface area contributed by atoms with Gasteiger partial charge >= 0.3 is 0 Å². The lowest BCUT2D eigenvalue weighted by molar-refractivity contribution is -0.383. The SMILES string of the molecule is O=C(NC(=S)Nc1ccccc1[N+](=O)[O-])c1cccc2c(Br)cccc12. The maximum Gasteiger partial charge on any atom is 0.292 e. The fourth-order valence-electron chi connectivity index (χ4n) is 2.53. The van der Waals surface area contributed by atoms with Gasteiger partial charge in [-0.2, -0.15) is 0 Å². The van der Waals surface area contributed by atoms with Gasteiger partial charge in [0.2, 0.25) is 0 Å². The van der Waals surface area contributed by atoms with Crippen LogP contribution < -0.4 is 10.6 Å². The zero-order valence-electron chi connectivity index (χ0n) is 13.2. The number of nitro benzene ring substituents is 1. The Morgan fingerprint density at radius 2 is 1.69 bits per heavy atom. The summed E-state index contributed by atoms with van der Waals surface area (Å²) in [6.07, 6.45) is 0. The predicted octanol–water partition coefficient (Wildman–Crippen LogP) is 4.64. The molecule has 8 heteroatoms. The zero-order valence-corrected chi connectivity index (χ0v) is 15.6. The van der Waals surface area contributed by atoms with E-state index in [1.165, 1.54) is 12.1 Å². The first-order valence-electron chi connectivity index (χ1n) is 7.50. The van der Waals surface area contributed by atoms with Gasteiger partial charge in [0.1, 0.15) is 5.69 Å². The summed E-state index contributed by atoms with van der Waals surface area (Å²) in [7, 11) is 0. The highest BCUT2D eigenvalue weighted by atomic mass is 79.9. The van der Waals surface area contributed by atoms with Gasteiger partial charge in [-0.3, -0.25) is 20.2 Å². The second-order valence-electron chi connectivity index (χ2n) is 5.32. The van der Waals surface area contributed by atoms with Crippen molar-refractivity contribution in [1.29, 1.82) is 0 Å². The quantitative estimate of drug-likeness (QED) is 0.360. The Balaban J connectivity index is 1.82. The molecule has 3 rings (SSSR count). The summed E-state index contributed by atoms with van der Waals surface area (Å²) in [5.74, 6) is -0.398. The number of amides is 1. The molecule has 0 aromatic heterocycles. The van der Waals surface area contributed by atoms with Crippen LogP contribution >= 0.6 is 28.1 Å². The molecule has 0 aliphatic rings. The molecule has 0 bridgehead atoms. The van der Waals surface area contributed by atoms with Gasteiger partial charge in [0, 0.05) is 16.1 Å². The highest BCUT2D eigenvalue weighted by molar-refractivity contribution is 9.10. The third-order valence-corrected chi connectivity index (χ3v) is 4.59. The number of thiocarbonyl (C=S) groups is 1. The number of nitrogens with one attached hydrogen (secondary N) is 2. The lowest BCUT2D eigenvalue weighted by Crippen LogP contribution is -2.34. The second kappa shape index (κ2) is 7.59. The topological polar surface area (TPSA) is 84.3 Å². The third-order valence-electron chi connectivity index (χ3n) is 3.69. The van der Waals surface area contributed by atoms with Gasteiger partial charge in [-0.15, -0.1) is 0 Å². The maximum atomic E-state index is 12.6. The number of anilines is 1. The molecule has 0 atom stereocenters. The number of fused-ring (bicyclic) bond motifs is 1. The second-order valence-corrected chi connectivity index (χ2v) is 6.59. The number of benzene rings is 3. The van der Waals surface area contributed by atoms with E-state index in [0.29, 0.717) is 5.56 Å². The first-order valence-corrected chi connectivity index (χ1v) is 8.70. The molecule has 0 spiro atoms. The molecule has 26 heavy (non-hydrogen) atoms. The number of rotatable bonds is 3. The minimum Gasteiger partial charge on any atom is -0.327 e. The van der Waals surface area contributed by atoms with Crippen molar-refractivity contribution in [3.8, 4) is 0 Å². The Labute approximate surface area is 162 Å². The fourth-order valence-corrected chi connectivity index (χ4v) is 3.23. The van der Waals surface area contributed by atoms with Crippen LogP contribution in [0.15, 0.2) is 65.1 Å². The monoisotopic (exact) mass is 429 g/mol. The molecule has 1 amide bonds. The summed E-state index contributed by atoms with van der Waals surface area (Å²) >= 11 is 8.60. The van der Waals surface area contributed by atoms with E-state index in [4.69, 9.17) is 12.2 Å². The lowest BCUT2D eigenvalue weighted by Gasteiger charge is -2.11. The standard InChI is InChI=1S/C18H12BrN3O3S/c19-14-8-4-5-11-12(14)6-3-7-13(11)17(23)21-18(26)20-15-9-1-2-10-16(15)22(24)25/h1-10H,(H2,20,21,23,26). The van der Waals surface area contributed by atoms with Crippen LogP contribution in [0, 0.1) is 10.1 Å². The van der Waals surface area contributed by atoms with Crippen LogP contribution in [0.5, 0.6) is 0 Å². The van der Waals surface area contributed by atoms with Crippen LogP contribution in [0.1, 0.15) is 10.4 Å². The minimum absolute atomic E-state index is 0.0173. The molecule has 0 aliphatic carbocycles. The summed E-state index contributed by atoms with van der Waals surface area (Å²) in [4.78, 5) is 23.1. The number of halogens is 1. The summed E-state index contributed by atoms with van der Waals surface area (Å²) in [6, 6.07) is 17.0. The molecule has 0 radical (unpaired) electrons. The smallest absolute Gasteiger partial charge is 0.292 e. The molecular weight excluding hydrogens is 418 g/mol. The molecule has 0 saturated heterocycles. The average molecular weight is 430 g/mol. The molecule has 0 aliphatic heterocycles. The summed E-state index contributed by atoms with van der Waals surface area (Å²) in [5, 5.41) is 18.0. The van der Waals surface area contributed by atoms with Crippen molar-refractivity contribution in [1.82, 2.24) is 5.32 Å². The van der Waals surface area contributed by atoms with Crippen molar-refractivity contribution in [2.75, 3.05) is 5.32 Å². The Morgan fingerprint density at radius 1 is 1.00 bits per heavy atom. The van der Waals surface area contributed by atoms with Crippen LogP contribution in [0.3, 0.4) is 0 Å². The first kappa shape index (κ1) is 18.0. The van der Waals surface area contributed by atoms with E-state index in [0.717, 1.165) is 15.2 Å². The van der Waals surface area contributed by atoms with Crippen LogP contribution in [0.25, 0.3) is 10.8 Å². The van der Waals surface area contributed by atoms with Crippen molar-refractivity contribution in [3.05, 3.63) is 80.8 Å². The number of para-hydroxylation sites is 2. The Morgan fingerprint density at radius 3 is 2.46 bits per heavy atom. The fraction of sp³-hybridized carbons (Fsp3) is 0. The molecule has 0 saturated carbocycles. The molecule has 130 valence electrons. The number of nitro groups is 1. The van der Waals surface area contributed by atoms with Gasteiger partial charge < -0.3 is 5.32 Å². The maximum absolute atomic E-state index is 12.6. The van der Waals surface area contributed by atoms with Gasteiger partial charge in [0.15, 0.2) is 5.11 Å². The van der Waals surface area contributed by atoms with Crippen LogP contribution in [-0.4, -0.2) is 15.9 Å². The summed E-state index contributed by atoms with van der Waals surface area (Å²) in [6.45, 7) is 0. The molecule has 0 unspecified atom stereocenters. The lowest BCUT2D eigenvalue weighted by atomic mass is 10.0. The average Bonchev–Trinajstić information content (AvgIpc) is 2.61. The normalized spacial score (nSPS) is 10.3. The molecular formula is C18H12BrN3O3S. The van der Waals surface area contributed by atoms with E-state index in [1.807, 2.05) is 24.3 Å². The molecule has 3 aromatic rings. The van der Waals surface area contributed by atoms with Crippen molar-refractivity contribution in [2.24, 2.45) is 0 Å². The van der Waals surface area contributed by atoms with E-state index >= 15 is 0 Å². The van der Waals surface area contributed by atoms with Crippen molar-refractivity contribution in [2.45, 2.75) is 0 Å². The zero-order chi connectivity index (χ0) is 18.7. The minimum atomic E-state index is -0.519. The number of nitrogens with zero attached hydrogens (tertiary/aromatic N) is 1. The Kier molecular flexibility index (Phi) is 5.24. The molecule has 6 nitrogen and oxygen atoms in total. The van der Waals surface area contributed by atoms with Gasteiger partial charge in [-0.25, -0.2) is 0 Å². The molecule has 3 aromatic carbocycles. The van der Waals surface area contributed by atoms with E-state index in [2.05, 4.69) is 26.6 Å². The summed E-state index contributed by atoms with van der Waals surface area (Å²) in [5.41, 5.74) is 0.539. The van der Waals surface area contributed by atoms with E-state index in [-0.39, 0.29) is 16.5 Å². The number of hydrogen-bond donors (Lipinski definition) is 2. The number of carbonyl (C=O) groups excluding carboxylic acids is 1. The molecule has 0 fully saturated rings. The van der Waals surface area contributed by atoms with Gasteiger partial charge in [-0.05, 0) is 41.2 Å². The molecule has 2 N–H and O–H groups in total. The van der Waals surface area contributed by atoms with E-state index in [9.17, 15) is 14.9 Å². The number of carbonyl (C=O) groups is 1. The van der Waals surface area contributed by atoms with Crippen molar-refractivity contribution in [3.63, 3.8) is 0 Å². The van der Waals surface area contributed by atoms with Crippen LogP contribution in [-0.2, 0) is 0 Å². The summed E-state index contributed by atoms with van der Waals surface area (Å²) < 4.78 is 0.880. The Hall–Kier alpha value is -2.84.